The van der Waals surface area contributed by atoms with Gasteiger partial charge in [0.05, 0.1) is 24.1 Å². The van der Waals surface area contributed by atoms with Gasteiger partial charge in [0.1, 0.15) is 5.75 Å². The van der Waals surface area contributed by atoms with E-state index in [0.717, 1.165) is 11.3 Å². The first-order valence-electron chi connectivity index (χ1n) is 7.90. The maximum atomic E-state index is 12.4. The minimum atomic E-state index is -3.86. The number of sulfonamides is 1. The third kappa shape index (κ3) is 4.45. The molecule has 0 radical (unpaired) electrons. The number of hydrogen-bond donors (Lipinski definition) is 2. The first-order chi connectivity index (χ1) is 12.9. The minimum absolute atomic E-state index is 0.0118. The van der Waals surface area contributed by atoms with E-state index in [2.05, 4.69) is 9.82 Å². The lowest BCUT2D eigenvalue weighted by Gasteiger charge is -2.06. The van der Waals surface area contributed by atoms with Crippen molar-refractivity contribution in [3.05, 3.63) is 71.9 Å². The van der Waals surface area contributed by atoms with Crippen molar-refractivity contribution in [2.75, 3.05) is 11.8 Å². The summed E-state index contributed by atoms with van der Waals surface area (Å²) in [5.41, 5.74) is 0.996. The smallest absolute Gasteiger partial charge is 0.335 e. The molecule has 3 rings (SSSR count). The number of rotatable bonds is 7. The van der Waals surface area contributed by atoms with E-state index >= 15 is 0 Å². The van der Waals surface area contributed by atoms with Crippen LogP contribution < -0.4 is 9.46 Å². The highest BCUT2D eigenvalue weighted by molar-refractivity contribution is 7.92. The Morgan fingerprint density at radius 3 is 2.37 bits per heavy atom. The zero-order valence-electron chi connectivity index (χ0n) is 14.4. The second-order valence-corrected chi connectivity index (χ2v) is 7.36. The standard InChI is InChI=1S/C18H17N3O5S/c1-26-15-6-2-13(3-7-15)12-21-11-10-17(19-21)20-27(24,25)16-8-4-14(5-9-16)18(22)23/h2-11H,12H2,1H3,(H,19,20)(H,22,23). The second kappa shape index (κ2) is 7.50. The number of hydrogen-bond acceptors (Lipinski definition) is 5. The van der Waals surface area contributed by atoms with Crippen molar-refractivity contribution >= 4 is 21.8 Å². The highest BCUT2D eigenvalue weighted by Gasteiger charge is 2.16. The number of benzene rings is 2. The van der Waals surface area contributed by atoms with Gasteiger partial charge in [-0.3, -0.25) is 9.40 Å². The summed E-state index contributed by atoms with van der Waals surface area (Å²) >= 11 is 0. The fourth-order valence-corrected chi connectivity index (χ4v) is 3.39. The number of methoxy groups -OCH3 is 1. The topological polar surface area (TPSA) is 111 Å². The first-order valence-corrected chi connectivity index (χ1v) is 9.38. The van der Waals surface area contributed by atoms with Crippen molar-refractivity contribution in [2.45, 2.75) is 11.4 Å². The Kier molecular flexibility index (Phi) is 5.13. The predicted octanol–water partition coefficient (Wildman–Crippen LogP) is 2.44. The molecule has 0 fully saturated rings. The van der Waals surface area contributed by atoms with Crippen molar-refractivity contribution in [2.24, 2.45) is 0 Å². The highest BCUT2D eigenvalue weighted by atomic mass is 32.2. The molecule has 0 atom stereocenters. The van der Waals surface area contributed by atoms with E-state index in [4.69, 9.17) is 9.84 Å². The lowest BCUT2D eigenvalue weighted by Crippen LogP contribution is -2.14. The lowest BCUT2D eigenvalue weighted by molar-refractivity contribution is 0.0696. The summed E-state index contributed by atoms with van der Waals surface area (Å²) in [5, 5.41) is 13.1. The van der Waals surface area contributed by atoms with Gasteiger partial charge in [-0.05, 0) is 42.0 Å². The van der Waals surface area contributed by atoms with E-state index in [1.165, 1.54) is 24.3 Å². The van der Waals surface area contributed by atoms with Gasteiger partial charge in [0.15, 0.2) is 5.82 Å². The Bertz CT molecular complexity index is 1040. The molecule has 0 aliphatic rings. The molecular formula is C18H17N3O5S. The van der Waals surface area contributed by atoms with Crippen molar-refractivity contribution in [1.82, 2.24) is 9.78 Å². The minimum Gasteiger partial charge on any atom is -0.497 e. The first kappa shape index (κ1) is 18.5. The summed E-state index contributed by atoms with van der Waals surface area (Å²) in [5.74, 6) is -0.198. The van der Waals surface area contributed by atoms with Crippen LogP contribution in [-0.4, -0.2) is 36.4 Å². The van der Waals surface area contributed by atoms with Crippen LogP contribution in [0.3, 0.4) is 0 Å². The number of carboxylic acid groups (broad SMARTS) is 1. The Hall–Kier alpha value is -3.33. The zero-order valence-corrected chi connectivity index (χ0v) is 15.2. The summed E-state index contributed by atoms with van der Waals surface area (Å²) in [6.07, 6.45) is 1.66. The van der Waals surface area contributed by atoms with Gasteiger partial charge in [-0.1, -0.05) is 12.1 Å². The predicted molar refractivity (Wildman–Crippen MR) is 98.5 cm³/mol. The number of nitrogens with zero attached hydrogens (tertiary/aromatic N) is 2. The van der Waals surface area contributed by atoms with E-state index < -0.39 is 16.0 Å². The highest BCUT2D eigenvalue weighted by Crippen LogP contribution is 2.16. The molecule has 0 aliphatic carbocycles. The van der Waals surface area contributed by atoms with Gasteiger partial charge in [-0.2, -0.15) is 5.10 Å². The van der Waals surface area contributed by atoms with Gasteiger partial charge in [0, 0.05) is 12.3 Å². The number of carboxylic acids is 1. The molecule has 0 aliphatic heterocycles. The van der Waals surface area contributed by atoms with Crippen LogP contribution in [0.2, 0.25) is 0 Å². The third-order valence-electron chi connectivity index (χ3n) is 3.79. The zero-order chi connectivity index (χ0) is 19.4. The Labute approximate surface area is 156 Å². The monoisotopic (exact) mass is 387 g/mol. The molecule has 0 amide bonds. The van der Waals surface area contributed by atoms with Gasteiger partial charge in [0.2, 0.25) is 0 Å². The molecule has 1 heterocycles. The number of aromatic nitrogens is 2. The Morgan fingerprint density at radius 1 is 1.11 bits per heavy atom. The summed E-state index contributed by atoms with van der Waals surface area (Å²) in [4.78, 5) is 10.8. The second-order valence-electron chi connectivity index (χ2n) is 5.68. The molecule has 3 aromatic rings. The van der Waals surface area contributed by atoms with Crippen LogP contribution in [0.15, 0.2) is 65.7 Å². The van der Waals surface area contributed by atoms with Crippen molar-refractivity contribution in [3.8, 4) is 5.75 Å². The van der Waals surface area contributed by atoms with Crippen LogP contribution in [0.25, 0.3) is 0 Å². The van der Waals surface area contributed by atoms with Gasteiger partial charge >= 0.3 is 5.97 Å². The van der Waals surface area contributed by atoms with Crippen LogP contribution in [-0.2, 0) is 16.6 Å². The summed E-state index contributed by atoms with van der Waals surface area (Å²) in [6, 6.07) is 14.0. The molecule has 0 saturated carbocycles. The SMILES string of the molecule is COc1ccc(Cn2ccc(NS(=O)(=O)c3ccc(C(=O)O)cc3)n2)cc1. The molecule has 140 valence electrons. The van der Waals surface area contributed by atoms with Crippen molar-refractivity contribution in [3.63, 3.8) is 0 Å². The molecule has 1 aromatic heterocycles. The fraction of sp³-hybridized carbons (Fsp3) is 0.111. The van der Waals surface area contributed by atoms with E-state index in [0.29, 0.717) is 6.54 Å². The molecule has 0 unspecified atom stereocenters. The van der Waals surface area contributed by atoms with Crippen molar-refractivity contribution < 1.29 is 23.1 Å². The quantitative estimate of drug-likeness (QED) is 0.644. The van der Waals surface area contributed by atoms with Gasteiger partial charge < -0.3 is 9.84 Å². The number of nitrogens with one attached hydrogen (secondary N) is 1. The average molecular weight is 387 g/mol. The molecule has 0 saturated heterocycles. The summed E-state index contributed by atoms with van der Waals surface area (Å²) in [6.45, 7) is 0.471. The van der Waals surface area contributed by atoms with E-state index in [1.807, 2.05) is 24.3 Å². The summed E-state index contributed by atoms with van der Waals surface area (Å²) in [7, 11) is -2.27. The van der Waals surface area contributed by atoms with Gasteiger partial charge in [-0.25, -0.2) is 13.2 Å². The third-order valence-corrected chi connectivity index (χ3v) is 5.17. The Morgan fingerprint density at radius 2 is 1.78 bits per heavy atom. The molecule has 0 spiro atoms. The molecule has 0 bridgehead atoms. The average Bonchev–Trinajstić information content (AvgIpc) is 3.08. The van der Waals surface area contributed by atoms with E-state index in [9.17, 15) is 13.2 Å². The van der Waals surface area contributed by atoms with Crippen LogP contribution in [0.5, 0.6) is 5.75 Å². The largest absolute Gasteiger partial charge is 0.497 e. The van der Waals surface area contributed by atoms with E-state index in [-0.39, 0.29) is 16.3 Å². The molecule has 27 heavy (non-hydrogen) atoms. The van der Waals surface area contributed by atoms with Crippen LogP contribution in [0, 0.1) is 0 Å². The molecule has 2 aromatic carbocycles. The number of ether oxygens (including phenoxy) is 1. The van der Waals surface area contributed by atoms with Crippen LogP contribution in [0.4, 0.5) is 5.82 Å². The normalized spacial score (nSPS) is 11.1. The fourth-order valence-electron chi connectivity index (χ4n) is 2.40. The summed E-state index contributed by atoms with van der Waals surface area (Å²) < 4.78 is 33.9. The maximum absolute atomic E-state index is 12.4. The molecule has 2 N–H and O–H groups in total. The van der Waals surface area contributed by atoms with Crippen LogP contribution in [0.1, 0.15) is 15.9 Å². The number of anilines is 1. The Balaban J connectivity index is 1.71. The van der Waals surface area contributed by atoms with Gasteiger partial charge in [0.25, 0.3) is 10.0 Å². The van der Waals surface area contributed by atoms with Crippen LogP contribution >= 0.6 is 0 Å². The number of carbonyl (C=O) groups is 1. The van der Waals surface area contributed by atoms with Crippen molar-refractivity contribution in [1.29, 1.82) is 0 Å². The van der Waals surface area contributed by atoms with E-state index in [1.54, 1.807) is 24.1 Å². The lowest BCUT2D eigenvalue weighted by atomic mass is 10.2. The molecular weight excluding hydrogens is 370 g/mol. The molecule has 9 heteroatoms. The molecule has 8 nitrogen and oxygen atoms in total. The number of aromatic carboxylic acids is 1. The van der Waals surface area contributed by atoms with Gasteiger partial charge in [-0.15, -0.1) is 0 Å². The maximum Gasteiger partial charge on any atom is 0.335 e.